The molecule has 0 saturated heterocycles. The Kier molecular flexibility index (Phi) is 3.84. The summed E-state index contributed by atoms with van der Waals surface area (Å²) in [5.74, 6) is 0. The molecular formula is C16H19N3OS. The lowest BCUT2D eigenvalue weighted by molar-refractivity contribution is 0.683. The van der Waals surface area contributed by atoms with Gasteiger partial charge in [0.2, 0.25) is 0 Å². The van der Waals surface area contributed by atoms with E-state index in [0.717, 1.165) is 45.6 Å². The number of rotatable bonds is 4. The van der Waals surface area contributed by atoms with Crippen molar-refractivity contribution < 1.29 is 4.21 Å². The lowest BCUT2D eigenvalue weighted by atomic mass is 10.2. The van der Waals surface area contributed by atoms with Crippen LogP contribution in [0.4, 0.5) is 22.7 Å². The van der Waals surface area contributed by atoms with E-state index in [1.165, 1.54) is 0 Å². The van der Waals surface area contributed by atoms with Crippen molar-refractivity contribution in [3.63, 3.8) is 0 Å². The first-order valence-electron chi connectivity index (χ1n) is 7.18. The topological polar surface area (TPSA) is 53.2 Å². The van der Waals surface area contributed by atoms with E-state index in [4.69, 9.17) is 0 Å². The minimum absolute atomic E-state index is 0.810. The normalized spacial score (nSPS) is 15.6. The summed E-state index contributed by atoms with van der Waals surface area (Å²) in [5.41, 5.74) is 3.84. The summed E-state index contributed by atoms with van der Waals surface area (Å²) in [5, 5.41) is 10.2. The smallest absolute Gasteiger partial charge is 0.0892 e. The molecule has 2 aromatic carbocycles. The maximum atomic E-state index is 12.8. The fraction of sp³-hybridized carbons (Fsp3) is 0.250. The first-order valence-corrected chi connectivity index (χ1v) is 8.33. The molecule has 1 atom stereocenters. The number of hydrogen-bond donors (Lipinski definition) is 3. The Morgan fingerprint density at radius 1 is 1.00 bits per heavy atom. The summed E-state index contributed by atoms with van der Waals surface area (Å²) in [6.45, 7) is 5.78. The maximum absolute atomic E-state index is 12.8. The first-order chi connectivity index (χ1) is 10.3. The van der Waals surface area contributed by atoms with E-state index < -0.39 is 10.8 Å². The molecule has 1 aliphatic rings. The van der Waals surface area contributed by atoms with Crippen LogP contribution in [0.2, 0.25) is 0 Å². The zero-order chi connectivity index (χ0) is 14.8. The summed E-state index contributed by atoms with van der Waals surface area (Å²) in [6, 6.07) is 11.7. The molecule has 1 aliphatic heterocycles. The number of anilines is 4. The highest BCUT2D eigenvalue weighted by atomic mass is 32.2. The lowest BCUT2D eigenvalue weighted by Crippen LogP contribution is -2.13. The van der Waals surface area contributed by atoms with Gasteiger partial charge in [-0.1, -0.05) is 12.1 Å². The van der Waals surface area contributed by atoms with Gasteiger partial charge in [0.25, 0.3) is 0 Å². The van der Waals surface area contributed by atoms with E-state index in [1.807, 2.05) is 36.4 Å². The minimum Gasteiger partial charge on any atom is -0.384 e. The van der Waals surface area contributed by atoms with Gasteiger partial charge in [-0.2, -0.15) is 0 Å². The molecule has 0 spiro atoms. The van der Waals surface area contributed by atoms with Crippen molar-refractivity contribution in [2.75, 3.05) is 29.0 Å². The van der Waals surface area contributed by atoms with Crippen LogP contribution in [0.3, 0.4) is 0 Å². The van der Waals surface area contributed by atoms with Crippen molar-refractivity contribution >= 4 is 33.5 Å². The zero-order valence-electron chi connectivity index (χ0n) is 12.2. The quantitative estimate of drug-likeness (QED) is 0.686. The van der Waals surface area contributed by atoms with Gasteiger partial charge < -0.3 is 16.0 Å². The van der Waals surface area contributed by atoms with E-state index in [2.05, 4.69) is 29.8 Å². The molecule has 4 nitrogen and oxygen atoms in total. The van der Waals surface area contributed by atoms with Crippen LogP contribution in [-0.2, 0) is 10.8 Å². The number of fused-ring (bicyclic) bond motifs is 2. The molecule has 110 valence electrons. The van der Waals surface area contributed by atoms with Crippen molar-refractivity contribution in [2.45, 2.75) is 23.6 Å². The van der Waals surface area contributed by atoms with Gasteiger partial charge in [-0.25, -0.2) is 4.21 Å². The highest BCUT2D eigenvalue weighted by Crippen LogP contribution is 2.43. The zero-order valence-corrected chi connectivity index (χ0v) is 13.0. The lowest BCUT2D eigenvalue weighted by Gasteiger charge is -2.25. The van der Waals surface area contributed by atoms with Crippen LogP contribution >= 0.6 is 0 Å². The maximum Gasteiger partial charge on any atom is 0.0892 e. The average molecular weight is 301 g/mol. The highest BCUT2D eigenvalue weighted by Gasteiger charge is 2.25. The highest BCUT2D eigenvalue weighted by molar-refractivity contribution is 7.85. The summed E-state index contributed by atoms with van der Waals surface area (Å²) in [6.07, 6.45) is 0. The molecule has 1 heterocycles. The molecule has 0 aliphatic carbocycles. The molecule has 0 saturated carbocycles. The molecular weight excluding hydrogens is 282 g/mol. The Morgan fingerprint density at radius 3 is 2.52 bits per heavy atom. The minimum atomic E-state index is -1.15. The van der Waals surface area contributed by atoms with Gasteiger partial charge in [-0.05, 0) is 38.1 Å². The van der Waals surface area contributed by atoms with E-state index in [1.54, 1.807) is 0 Å². The fourth-order valence-electron chi connectivity index (χ4n) is 2.55. The third-order valence-electron chi connectivity index (χ3n) is 3.43. The molecule has 0 fully saturated rings. The molecule has 0 amide bonds. The number of benzene rings is 2. The SMILES string of the molecule is CCNc1ccc2c(c1NCC)Nc1ccccc1S2=O. The van der Waals surface area contributed by atoms with Gasteiger partial charge >= 0.3 is 0 Å². The summed E-state index contributed by atoms with van der Waals surface area (Å²) >= 11 is 0. The largest absolute Gasteiger partial charge is 0.384 e. The molecule has 1 unspecified atom stereocenters. The van der Waals surface area contributed by atoms with E-state index in [9.17, 15) is 4.21 Å². The molecule has 0 radical (unpaired) electrons. The third kappa shape index (κ3) is 2.38. The predicted octanol–water partition coefficient (Wildman–Crippen LogP) is 3.77. The van der Waals surface area contributed by atoms with Gasteiger partial charge in [0.05, 0.1) is 43.3 Å². The van der Waals surface area contributed by atoms with Crippen molar-refractivity contribution in [3.8, 4) is 0 Å². The number of hydrogen-bond acceptors (Lipinski definition) is 4. The fourth-order valence-corrected chi connectivity index (χ4v) is 3.83. The van der Waals surface area contributed by atoms with Crippen molar-refractivity contribution in [3.05, 3.63) is 36.4 Å². The van der Waals surface area contributed by atoms with Gasteiger partial charge in [-0.3, -0.25) is 0 Å². The molecule has 5 heteroatoms. The van der Waals surface area contributed by atoms with E-state index in [-0.39, 0.29) is 0 Å². The van der Waals surface area contributed by atoms with Crippen LogP contribution in [0.15, 0.2) is 46.2 Å². The molecule has 3 rings (SSSR count). The second-order valence-corrected chi connectivity index (χ2v) is 6.23. The van der Waals surface area contributed by atoms with Crippen LogP contribution < -0.4 is 16.0 Å². The second kappa shape index (κ2) is 5.77. The van der Waals surface area contributed by atoms with Crippen LogP contribution in [0.1, 0.15) is 13.8 Å². The average Bonchev–Trinajstić information content (AvgIpc) is 2.50. The molecule has 21 heavy (non-hydrogen) atoms. The standard InChI is InChI=1S/C16H19N3OS/c1-3-17-12-9-10-14-16(15(12)18-4-2)19-11-7-5-6-8-13(11)21(14)20/h5-10,17-19H,3-4H2,1-2H3. The summed E-state index contributed by atoms with van der Waals surface area (Å²) in [4.78, 5) is 1.66. The van der Waals surface area contributed by atoms with Gasteiger partial charge in [0, 0.05) is 13.1 Å². The van der Waals surface area contributed by atoms with Crippen LogP contribution in [0.5, 0.6) is 0 Å². The number of para-hydroxylation sites is 1. The summed E-state index contributed by atoms with van der Waals surface area (Å²) in [7, 11) is -1.15. The Hall–Kier alpha value is -2.01. The van der Waals surface area contributed by atoms with Gasteiger partial charge in [-0.15, -0.1) is 0 Å². The Balaban J connectivity index is 2.15. The van der Waals surface area contributed by atoms with Gasteiger partial charge in [0.1, 0.15) is 0 Å². The second-order valence-electron chi connectivity index (χ2n) is 4.81. The van der Waals surface area contributed by atoms with Crippen molar-refractivity contribution in [2.24, 2.45) is 0 Å². The molecule has 0 bridgehead atoms. The molecule has 3 N–H and O–H groups in total. The van der Waals surface area contributed by atoms with Crippen molar-refractivity contribution in [1.29, 1.82) is 0 Å². The molecule has 0 aromatic heterocycles. The third-order valence-corrected chi connectivity index (χ3v) is 4.93. The predicted molar refractivity (Wildman–Crippen MR) is 89.2 cm³/mol. The molecule has 2 aromatic rings. The summed E-state index contributed by atoms with van der Waals surface area (Å²) < 4.78 is 12.8. The Morgan fingerprint density at radius 2 is 1.76 bits per heavy atom. The van der Waals surface area contributed by atoms with E-state index >= 15 is 0 Å². The Labute approximate surface area is 127 Å². The van der Waals surface area contributed by atoms with Crippen LogP contribution in [-0.4, -0.2) is 17.3 Å². The first kappa shape index (κ1) is 13.9. The Bertz CT molecular complexity index is 700. The van der Waals surface area contributed by atoms with E-state index in [0.29, 0.717) is 0 Å². The van der Waals surface area contributed by atoms with Crippen LogP contribution in [0, 0.1) is 0 Å². The number of nitrogens with one attached hydrogen (secondary N) is 3. The van der Waals surface area contributed by atoms with Crippen LogP contribution in [0.25, 0.3) is 0 Å². The van der Waals surface area contributed by atoms with Crippen molar-refractivity contribution in [1.82, 2.24) is 0 Å². The van der Waals surface area contributed by atoms with Gasteiger partial charge in [0.15, 0.2) is 0 Å². The monoisotopic (exact) mass is 301 g/mol.